The zero-order valence-corrected chi connectivity index (χ0v) is 17.4. The molecular formula is C23H22ClN3O3. The Labute approximate surface area is 179 Å². The van der Waals surface area contributed by atoms with Gasteiger partial charge in [-0.05, 0) is 55.7 Å². The Bertz CT molecular complexity index is 1110. The van der Waals surface area contributed by atoms with Gasteiger partial charge in [-0.3, -0.25) is 9.59 Å². The smallest absolute Gasteiger partial charge is 0.258 e. The maximum absolute atomic E-state index is 13.0. The largest absolute Gasteiger partial charge is 0.497 e. The van der Waals surface area contributed by atoms with Crippen LogP contribution >= 0.6 is 11.6 Å². The number of piperidine rings is 1. The van der Waals surface area contributed by atoms with E-state index in [1.807, 2.05) is 4.90 Å². The molecule has 0 unspecified atom stereocenters. The first-order chi connectivity index (χ1) is 14.6. The van der Waals surface area contributed by atoms with Crippen molar-refractivity contribution in [3.63, 3.8) is 0 Å². The first kappa shape index (κ1) is 20.2. The van der Waals surface area contributed by atoms with E-state index >= 15 is 0 Å². The van der Waals surface area contributed by atoms with Crippen molar-refractivity contribution in [3.8, 4) is 5.75 Å². The number of ether oxygens (including phenoxy) is 1. The molecule has 2 aromatic carbocycles. The van der Waals surface area contributed by atoms with Gasteiger partial charge in [0.25, 0.3) is 11.8 Å². The Morgan fingerprint density at radius 2 is 1.80 bits per heavy atom. The first-order valence-corrected chi connectivity index (χ1v) is 10.3. The molecule has 0 spiro atoms. The third-order valence-corrected chi connectivity index (χ3v) is 5.56. The predicted octanol–water partition coefficient (Wildman–Crippen LogP) is 4.78. The molecule has 0 radical (unpaired) electrons. The van der Waals surface area contributed by atoms with E-state index in [0.717, 1.165) is 37.7 Å². The Morgan fingerprint density at radius 3 is 2.57 bits per heavy atom. The number of fused-ring (bicyclic) bond motifs is 1. The van der Waals surface area contributed by atoms with Gasteiger partial charge in [0.1, 0.15) is 10.9 Å². The molecule has 3 aromatic rings. The summed E-state index contributed by atoms with van der Waals surface area (Å²) in [6.07, 6.45) is 3.14. The second-order valence-electron chi connectivity index (χ2n) is 7.24. The summed E-state index contributed by atoms with van der Waals surface area (Å²) in [5, 5.41) is 3.68. The van der Waals surface area contributed by atoms with Crippen LogP contribution in [0.1, 0.15) is 40.0 Å². The molecule has 0 bridgehead atoms. The molecule has 1 aliphatic heterocycles. The average molecular weight is 424 g/mol. The van der Waals surface area contributed by atoms with Gasteiger partial charge >= 0.3 is 0 Å². The van der Waals surface area contributed by atoms with E-state index in [4.69, 9.17) is 16.3 Å². The van der Waals surface area contributed by atoms with Crippen LogP contribution in [-0.4, -0.2) is 41.9 Å². The number of pyridine rings is 1. The summed E-state index contributed by atoms with van der Waals surface area (Å²) >= 11 is 6.28. The Balaban J connectivity index is 1.63. The van der Waals surface area contributed by atoms with Gasteiger partial charge in [-0.15, -0.1) is 0 Å². The number of nitrogens with zero attached hydrogens (tertiary/aromatic N) is 2. The molecular weight excluding hydrogens is 402 g/mol. The van der Waals surface area contributed by atoms with Gasteiger partial charge in [0.15, 0.2) is 0 Å². The van der Waals surface area contributed by atoms with Crippen molar-refractivity contribution in [2.45, 2.75) is 19.3 Å². The molecule has 0 atom stereocenters. The van der Waals surface area contributed by atoms with Gasteiger partial charge < -0.3 is 15.0 Å². The van der Waals surface area contributed by atoms with Crippen LogP contribution in [0, 0.1) is 0 Å². The van der Waals surface area contributed by atoms with Gasteiger partial charge in [-0.25, -0.2) is 4.98 Å². The standard InChI is InChI=1S/C23H22ClN3O3/c1-30-16-9-10-19-15(13-16)14-18(21(24)25-19)22(28)26-20-8-4-3-7-17(20)23(29)27-11-5-2-6-12-27/h3-4,7-10,13-14H,2,5-6,11-12H2,1H3,(H,26,28). The number of aromatic nitrogens is 1. The molecule has 154 valence electrons. The molecule has 0 saturated carbocycles. The number of nitrogens with one attached hydrogen (secondary N) is 1. The van der Waals surface area contributed by atoms with Crippen LogP contribution in [0.3, 0.4) is 0 Å². The summed E-state index contributed by atoms with van der Waals surface area (Å²) in [6.45, 7) is 1.48. The zero-order valence-electron chi connectivity index (χ0n) is 16.7. The number of carbonyl (C=O) groups is 2. The molecule has 1 aliphatic rings. The maximum Gasteiger partial charge on any atom is 0.258 e. The fourth-order valence-corrected chi connectivity index (χ4v) is 3.88. The summed E-state index contributed by atoms with van der Waals surface area (Å²) in [6, 6.07) is 14.1. The van der Waals surface area contributed by atoms with E-state index in [2.05, 4.69) is 10.3 Å². The summed E-state index contributed by atoms with van der Waals surface area (Å²) in [5.74, 6) is 0.171. The summed E-state index contributed by atoms with van der Waals surface area (Å²) in [4.78, 5) is 32.1. The highest BCUT2D eigenvalue weighted by atomic mass is 35.5. The van der Waals surface area contributed by atoms with E-state index in [-0.39, 0.29) is 16.6 Å². The molecule has 6 nitrogen and oxygen atoms in total. The normalized spacial score (nSPS) is 13.9. The van der Waals surface area contributed by atoms with Crippen LogP contribution < -0.4 is 10.1 Å². The van der Waals surface area contributed by atoms with Crippen molar-refractivity contribution in [3.05, 3.63) is 64.8 Å². The second kappa shape index (κ2) is 8.71. The van der Waals surface area contributed by atoms with E-state index < -0.39 is 5.91 Å². The second-order valence-corrected chi connectivity index (χ2v) is 7.60. The lowest BCUT2D eigenvalue weighted by molar-refractivity contribution is 0.0725. The Morgan fingerprint density at radius 1 is 1.03 bits per heavy atom. The number of methoxy groups -OCH3 is 1. The van der Waals surface area contributed by atoms with Crippen LogP contribution in [0.5, 0.6) is 5.75 Å². The quantitative estimate of drug-likeness (QED) is 0.613. The lowest BCUT2D eigenvalue weighted by Gasteiger charge is -2.27. The van der Waals surface area contributed by atoms with Crippen LogP contribution in [-0.2, 0) is 0 Å². The van der Waals surface area contributed by atoms with Crippen LogP contribution in [0.2, 0.25) is 5.15 Å². The van der Waals surface area contributed by atoms with Crippen LogP contribution in [0.4, 0.5) is 5.69 Å². The van der Waals surface area contributed by atoms with Crippen molar-refractivity contribution in [1.29, 1.82) is 0 Å². The zero-order chi connectivity index (χ0) is 21.1. The molecule has 1 aromatic heterocycles. The molecule has 7 heteroatoms. The highest BCUT2D eigenvalue weighted by Gasteiger charge is 2.22. The van der Waals surface area contributed by atoms with Gasteiger partial charge in [0.05, 0.1) is 29.4 Å². The number of likely N-dealkylation sites (tertiary alicyclic amines) is 1. The lowest BCUT2D eigenvalue weighted by atomic mass is 10.1. The number of anilines is 1. The molecule has 1 fully saturated rings. The minimum atomic E-state index is -0.420. The monoisotopic (exact) mass is 423 g/mol. The number of hydrogen-bond donors (Lipinski definition) is 1. The van der Waals surface area contributed by atoms with Crippen molar-refractivity contribution < 1.29 is 14.3 Å². The summed E-state index contributed by atoms with van der Waals surface area (Å²) in [5.41, 5.74) is 1.83. The molecule has 0 aliphatic carbocycles. The fourth-order valence-electron chi connectivity index (χ4n) is 3.65. The summed E-state index contributed by atoms with van der Waals surface area (Å²) in [7, 11) is 1.58. The minimum Gasteiger partial charge on any atom is -0.497 e. The number of amides is 2. The third-order valence-electron chi connectivity index (χ3n) is 5.27. The molecule has 1 N–H and O–H groups in total. The Kier molecular flexibility index (Phi) is 5.86. The lowest BCUT2D eigenvalue weighted by Crippen LogP contribution is -2.36. The van der Waals surface area contributed by atoms with E-state index in [0.29, 0.717) is 22.5 Å². The fraction of sp³-hybridized carbons (Fsp3) is 0.261. The highest BCUT2D eigenvalue weighted by Crippen LogP contribution is 2.26. The molecule has 2 heterocycles. The van der Waals surface area contributed by atoms with E-state index in [9.17, 15) is 9.59 Å². The van der Waals surface area contributed by atoms with Gasteiger partial charge in [0.2, 0.25) is 0 Å². The average Bonchev–Trinajstić information content (AvgIpc) is 2.78. The minimum absolute atomic E-state index is 0.0712. The third kappa shape index (κ3) is 4.09. The topological polar surface area (TPSA) is 71.5 Å². The number of hydrogen-bond acceptors (Lipinski definition) is 4. The molecule has 2 amide bonds. The highest BCUT2D eigenvalue weighted by molar-refractivity contribution is 6.34. The van der Waals surface area contributed by atoms with Crippen LogP contribution in [0.15, 0.2) is 48.5 Å². The number of para-hydroxylation sites is 1. The predicted molar refractivity (Wildman–Crippen MR) is 117 cm³/mol. The molecule has 30 heavy (non-hydrogen) atoms. The van der Waals surface area contributed by atoms with Gasteiger partial charge in [-0.1, -0.05) is 23.7 Å². The van der Waals surface area contributed by atoms with Crippen molar-refractivity contribution >= 4 is 40.0 Å². The van der Waals surface area contributed by atoms with Gasteiger partial charge in [-0.2, -0.15) is 0 Å². The first-order valence-electron chi connectivity index (χ1n) is 9.91. The van der Waals surface area contributed by atoms with E-state index in [1.54, 1.807) is 55.6 Å². The SMILES string of the molecule is COc1ccc2nc(Cl)c(C(=O)Nc3ccccc3C(=O)N3CCCCC3)cc2c1. The Hall–Kier alpha value is -3.12. The van der Waals surface area contributed by atoms with Crippen molar-refractivity contribution in [2.24, 2.45) is 0 Å². The number of halogens is 1. The van der Waals surface area contributed by atoms with E-state index in [1.165, 1.54) is 0 Å². The number of carbonyl (C=O) groups excluding carboxylic acids is 2. The maximum atomic E-state index is 13.0. The molecule has 4 rings (SSSR count). The molecule has 1 saturated heterocycles. The van der Waals surface area contributed by atoms with Gasteiger partial charge in [0, 0.05) is 18.5 Å². The van der Waals surface area contributed by atoms with Crippen molar-refractivity contribution in [2.75, 3.05) is 25.5 Å². The van der Waals surface area contributed by atoms with Crippen molar-refractivity contribution in [1.82, 2.24) is 9.88 Å². The van der Waals surface area contributed by atoms with Crippen LogP contribution in [0.25, 0.3) is 10.9 Å². The number of benzene rings is 2. The number of rotatable bonds is 4. The summed E-state index contributed by atoms with van der Waals surface area (Å²) < 4.78 is 5.24.